The van der Waals surface area contributed by atoms with Gasteiger partial charge in [0, 0.05) is 31.6 Å². The molecule has 0 atom stereocenters. The molecule has 0 saturated heterocycles. The van der Waals surface area contributed by atoms with Gasteiger partial charge in [-0.1, -0.05) is 0 Å². The Bertz CT molecular complexity index is 567. The van der Waals surface area contributed by atoms with Crippen LogP contribution in [-0.4, -0.2) is 39.8 Å². The van der Waals surface area contributed by atoms with Gasteiger partial charge < -0.3 is 10.1 Å². The van der Waals surface area contributed by atoms with E-state index in [2.05, 4.69) is 20.3 Å². The Hall–Kier alpha value is -1.95. The van der Waals surface area contributed by atoms with E-state index in [9.17, 15) is 0 Å². The highest BCUT2D eigenvalue weighted by molar-refractivity contribution is 5.49. The number of imidazole rings is 1. The highest BCUT2D eigenvalue weighted by Gasteiger charge is 2.18. The van der Waals surface area contributed by atoms with E-state index in [-0.39, 0.29) is 0 Å². The molecule has 0 aliphatic heterocycles. The lowest BCUT2D eigenvalue weighted by molar-refractivity contribution is 0.210. The van der Waals surface area contributed by atoms with Crippen LogP contribution in [0.4, 0.5) is 5.82 Å². The molecular weight excluding hydrogens is 254 g/mol. The van der Waals surface area contributed by atoms with Gasteiger partial charge in [-0.15, -0.1) is 0 Å². The largest absolute Gasteiger partial charge is 0.383 e. The Morgan fingerprint density at radius 2 is 2.20 bits per heavy atom. The maximum Gasteiger partial charge on any atom is 0.237 e. The third-order valence-electron chi connectivity index (χ3n) is 3.51. The van der Waals surface area contributed by atoms with Gasteiger partial charge in [0.1, 0.15) is 12.1 Å². The quantitative estimate of drug-likeness (QED) is 0.838. The van der Waals surface area contributed by atoms with E-state index in [0.717, 1.165) is 30.9 Å². The lowest BCUT2D eigenvalue weighted by atomic mass is 9.96. The third kappa shape index (κ3) is 2.65. The highest BCUT2D eigenvalue weighted by atomic mass is 16.5. The first-order valence-corrected chi connectivity index (χ1v) is 6.99. The van der Waals surface area contributed by atoms with Crippen LogP contribution in [0.3, 0.4) is 0 Å². The fourth-order valence-electron chi connectivity index (χ4n) is 2.49. The molecule has 3 rings (SSSR count). The summed E-state index contributed by atoms with van der Waals surface area (Å²) in [4.78, 5) is 13.4. The Labute approximate surface area is 118 Å². The Morgan fingerprint density at radius 3 is 3.00 bits per heavy atom. The van der Waals surface area contributed by atoms with Gasteiger partial charge in [0.15, 0.2) is 0 Å². The SMILES string of the molecule is COCCNc1nc(-n2ccnc2)nc2c1CCCC2. The van der Waals surface area contributed by atoms with Crippen molar-refractivity contribution >= 4 is 5.82 Å². The number of hydrogen-bond donors (Lipinski definition) is 1. The molecule has 106 valence electrons. The second-order valence-corrected chi connectivity index (χ2v) is 4.89. The van der Waals surface area contributed by atoms with E-state index >= 15 is 0 Å². The molecular formula is C14H19N5O. The van der Waals surface area contributed by atoms with Gasteiger partial charge >= 0.3 is 0 Å². The summed E-state index contributed by atoms with van der Waals surface area (Å²) in [5.41, 5.74) is 2.42. The van der Waals surface area contributed by atoms with E-state index in [0.29, 0.717) is 12.6 Å². The van der Waals surface area contributed by atoms with Crippen molar-refractivity contribution in [1.29, 1.82) is 0 Å². The van der Waals surface area contributed by atoms with Gasteiger partial charge in [0.05, 0.1) is 12.3 Å². The van der Waals surface area contributed by atoms with Crippen LogP contribution in [0.5, 0.6) is 0 Å². The minimum absolute atomic E-state index is 0.666. The molecule has 0 amide bonds. The van der Waals surface area contributed by atoms with Crippen LogP contribution < -0.4 is 5.32 Å². The number of hydrogen-bond acceptors (Lipinski definition) is 5. The van der Waals surface area contributed by atoms with Crippen LogP contribution in [-0.2, 0) is 17.6 Å². The number of ether oxygens (including phenoxy) is 1. The predicted octanol–water partition coefficient (Wildman–Crippen LogP) is 1.60. The molecule has 0 radical (unpaired) electrons. The summed E-state index contributed by atoms with van der Waals surface area (Å²) >= 11 is 0. The summed E-state index contributed by atoms with van der Waals surface area (Å²) in [5.74, 6) is 1.62. The molecule has 6 heteroatoms. The maximum absolute atomic E-state index is 5.09. The zero-order valence-corrected chi connectivity index (χ0v) is 11.7. The molecule has 0 spiro atoms. The average molecular weight is 273 g/mol. The standard InChI is InChI=1S/C14H19N5O/c1-20-9-7-16-13-11-4-2-3-5-12(11)17-14(18-13)19-8-6-15-10-19/h6,8,10H,2-5,7,9H2,1H3,(H,16,17,18). The van der Waals surface area contributed by atoms with E-state index in [1.54, 1.807) is 19.6 Å². The molecule has 20 heavy (non-hydrogen) atoms. The van der Waals surface area contributed by atoms with E-state index in [4.69, 9.17) is 4.74 Å². The molecule has 0 saturated carbocycles. The number of nitrogens with one attached hydrogen (secondary N) is 1. The van der Waals surface area contributed by atoms with Crippen LogP contribution in [0.1, 0.15) is 24.1 Å². The molecule has 2 aromatic rings. The van der Waals surface area contributed by atoms with Gasteiger partial charge in [0.25, 0.3) is 0 Å². The van der Waals surface area contributed by atoms with E-state index in [1.165, 1.54) is 18.4 Å². The first-order chi connectivity index (χ1) is 9.88. The lowest BCUT2D eigenvalue weighted by Crippen LogP contribution is -2.17. The van der Waals surface area contributed by atoms with E-state index < -0.39 is 0 Å². The summed E-state index contributed by atoms with van der Waals surface area (Å²) in [6, 6.07) is 0. The van der Waals surface area contributed by atoms with Gasteiger partial charge in [-0.2, -0.15) is 4.98 Å². The van der Waals surface area contributed by atoms with Crippen molar-refractivity contribution in [2.24, 2.45) is 0 Å². The van der Waals surface area contributed by atoms with Crippen molar-refractivity contribution in [3.05, 3.63) is 30.0 Å². The van der Waals surface area contributed by atoms with Crippen molar-refractivity contribution in [1.82, 2.24) is 19.5 Å². The molecule has 1 N–H and O–H groups in total. The smallest absolute Gasteiger partial charge is 0.237 e. The second-order valence-electron chi connectivity index (χ2n) is 4.89. The molecule has 1 aliphatic rings. The first kappa shape index (κ1) is 13.1. The zero-order chi connectivity index (χ0) is 13.8. The number of aromatic nitrogens is 4. The third-order valence-corrected chi connectivity index (χ3v) is 3.51. The molecule has 0 unspecified atom stereocenters. The summed E-state index contributed by atoms with van der Waals surface area (Å²) in [6.07, 6.45) is 9.81. The number of rotatable bonds is 5. The van der Waals surface area contributed by atoms with Crippen molar-refractivity contribution < 1.29 is 4.74 Å². The van der Waals surface area contributed by atoms with Gasteiger partial charge in [-0.05, 0) is 25.7 Å². The summed E-state index contributed by atoms with van der Waals surface area (Å²) in [6.45, 7) is 1.42. The molecule has 2 aromatic heterocycles. The van der Waals surface area contributed by atoms with Crippen molar-refractivity contribution in [2.75, 3.05) is 25.6 Å². The number of fused-ring (bicyclic) bond motifs is 1. The normalized spacial score (nSPS) is 14.1. The van der Waals surface area contributed by atoms with Crippen molar-refractivity contribution in [3.8, 4) is 5.95 Å². The Kier molecular flexibility index (Phi) is 3.92. The molecule has 6 nitrogen and oxygen atoms in total. The average Bonchev–Trinajstić information content (AvgIpc) is 3.01. The molecule has 0 bridgehead atoms. The predicted molar refractivity (Wildman–Crippen MR) is 76.2 cm³/mol. The fourth-order valence-corrected chi connectivity index (χ4v) is 2.49. The number of aryl methyl sites for hydroxylation is 1. The number of methoxy groups -OCH3 is 1. The van der Waals surface area contributed by atoms with Crippen LogP contribution in [0.25, 0.3) is 5.95 Å². The molecule has 0 aromatic carbocycles. The monoisotopic (exact) mass is 273 g/mol. The van der Waals surface area contributed by atoms with Crippen LogP contribution in [0.15, 0.2) is 18.7 Å². The van der Waals surface area contributed by atoms with Crippen LogP contribution in [0.2, 0.25) is 0 Å². The van der Waals surface area contributed by atoms with Crippen LogP contribution >= 0.6 is 0 Å². The minimum atomic E-state index is 0.666. The van der Waals surface area contributed by atoms with E-state index in [1.807, 2.05) is 10.8 Å². The highest BCUT2D eigenvalue weighted by Crippen LogP contribution is 2.26. The minimum Gasteiger partial charge on any atom is -0.383 e. The summed E-state index contributed by atoms with van der Waals surface area (Å²) in [7, 11) is 1.70. The van der Waals surface area contributed by atoms with Crippen LogP contribution in [0, 0.1) is 0 Å². The van der Waals surface area contributed by atoms with Gasteiger partial charge in [-0.25, -0.2) is 9.97 Å². The van der Waals surface area contributed by atoms with Crippen molar-refractivity contribution in [2.45, 2.75) is 25.7 Å². The number of anilines is 1. The lowest BCUT2D eigenvalue weighted by Gasteiger charge is -2.19. The van der Waals surface area contributed by atoms with Gasteiger partial charge in [0.2, 0.25) is 5.95 Å². The summed E-state index contributed by atoms with van der Waals surface area (Å²) < 4.78 is 6.93. The number of nitrogens with zero attached hydrogens (tertiary/aromatic N) is 4. The fraction of sp³-hybridized carbons (Fsp3) is 0.500. The maximum atomic E-state index is 5.09. The molecule has 2 heterocycles. The summed E-state index contributed by atoms with van der Waals surface area (Å²) in [5, 5.41) is 3.37. The molecule has 1 aliphatic carbocycles. The zero-order valence-electron chi connectivity index (χ0n) is 11.7. The second kappa shape index (κ2) is 6.00. The Morgan fingerprint density at radius 1 is 1.30 bits per heavy atom. The Balaban J connectivity index is 1.95. The van der Waals surface area contributed by atoms with Crippen molar-refractivity contribution in [3.63, 3.8) is 0 Å². The molecule has 0 fully saturated rings. The first-order valence-electron chi connectivity index (χ1n) is 6.99. The topological polar surface area (TPSA) is 64.9 Å². The van der Waals surface area contributed by atoms with Gasteiger partial charge in [-0.3, -0.25) is 4.57 Å².